The van der Waals surface area contributed by atoms with Crippen molar-refractivity contribution in [3.8, 4) is 0 Å². The monoisotopic (exact) mass is 392 g/mol. The quantitative estimate of drug-likeness (QED) is 0.784. The summed E-state index contributed by atoms with van der Waals surface area (Å²) < 4.78 is 0. The van der Waals surface area contributed by atoms with Crippen molar-refractivity contribution in [2.45, 2.75) is 26.7 Å². The number of rotatable bonds is 5. The molecule has 2 saturated heterocycles. The SMILES string of the molecule is CC1CC(C)CN(CCCNC(=O)N2CCN(C(=O)c3cccs3)CC2)C1. The molecule has 0 radical (unpaired) electrons. The van der Waals surface area contributed by atoms with Crippen LogP contribution in [0.4, 0.5) is 4.79 Å². The number of amides is 3. The fourth-order valence-corrected chi connectivity index (χ4v) is 4.94. The number of carbonyl (C=O) groups excluding carboxylic acids is 2. The summed E-state index contributed by atoms with van der Waals surface area (Å²) in [5.74, 6) is 1.63. The van der Waals surface area contributed by atoms with Gasteiger partial charge in [0.15, 0.2) is 0 Å². The lowest BCUT2D eigenvalue weighted by Crippen LogP contribution is -2.53. The standard InChI is InChI=1S/C20H32N4O2S/c1-16-13-17(2)15-22(14-16)7-4-6-21-20(26)24-10-8-23(9-11-24)19(25)18-5-3-12-27-18/h3,5,12,16-17H,4,6-11,13-15H2,1-2H3,(H,21,26). The van der Waals surface area contributed by atoms with E-state index in [1.54, 1.807) is 0 Å². The molecule has 1 aromatic rings. The van der Waals surface area contributed by atoms with E-state index in [-0.39, 0.29) is 11.9 Å². The largest absolute Gasteiger partial charge is 0.338 e. The van der Waals surface area contributed by atoms with E-state index in [4.69, 9.17) is 0 Å². The third-order valence-electron chi connectivity index (χ3n) is 5.46. The molecule has 0 saturated carbocycles. The zero-order valence-corrected chi connectivity index (χ0v) is 17.3. The van der Waals surface area contributed by atoms with Crippen molar-refractivity contribution < 1.29 is 9.59 Å². The normalized spacial score (nSPS) is 24.1. The first-order valence-electron chi connectivity index (χ1n) is 10.1. The van der Waals surface area contributed by atoms with Gasteiger partial charge in [0, 0.05) is 45.8 Å². The number of piperidine rings is 1. The smallest absolute Gasteiger partial charge is 0.317 e. The predicted octanol–water partition coefficient (Wildman–Crippen LogP) is 2.58. The highest BCUT2D eigenvalue weighted by Crippen LogP contribution is 2.20. The summed E-state index contributed by atoms with van der Waals surface area (Å²) in [7, 11) is 0. The van der Waals surface area contributed by atoms with Crippen LogP contribution in [-0.2, 0) is 0 Å². The van der Waals surface area contributed by atoms with Gasteiger partial charge in [-0.1, -0.05) is 19.9 Å². The topological polar surface area (TPSA) is 55.9 Å². The Morgan fingerprint density at radius 1 is 1.11 bits per heavy atom. The van der Waals surface area contributed by atoms with E-state index >= 15 is 0 Å². The Hall–Kier alpha value is -1.60. The lowest BCUT2D eigenvalue weighted by molar-refractivity contribution is 0.0669. The number of urea groups is 1. The maximum atomic E-state index is 12.4. The first-order chi connectivity index (χ1) is 13.0. The van der Waals surface area contributed by atoms with Gasteiger partial charge in [0.1, 0.15) is 0 Å². The molecule has 3 heterocycles. The second-order valence-electron chi connectivity index (χ2n) is 8.05. The molecule has 27 heavy (non-hydrogen) atoms. The van der Waals surface area contributed by atoms with Crippen LogP contribution >= 0.6 is 11.3 Å². The van der Waals surface area contributed by atoms with Crippen molar-refractivity contribution >= 4 is 23.3 Å². The average molecular weight is 393 g/mol. The number of nitrogens with zero attached hydrogens (tertiary/aromatic N) is 3. The summed E-state index contributed by atoms with van der Waals surface area (Å²) in [5.41, 5.74) is 0. The first-order valence-corrected chi connectivity index (χ1v) is 11.0. The second-order valence-corrected chi connectivity index (χ2v) is 9.00. The zero-order chi connectivity index (χ0) is 19.2. The Labute approximate surface area is 166 Å². The van der Waals surface area contributed by atoms with Gasteiger partial charge in [-0.3, -0.25) is 4.79 Å². The summed E-state index contributed by atoms with van der Waals surface area (Å²) in [5, 5.41) is 4.96. The van der Waals surface area contributed by atoms with Crippen LogP contribution in [-0.4, -0.2) is 79.0 Å². The molecule has 150 valence electrons. The molecule has 2 atom stereocenters. The third kappa shape index (κ3) is 5.69. The molecule has 0 spiro atoms. The molecule has 6 nitrogen and oxygen atoms in total. The van der Waals surface area contributed by atoms with Gasteiger partial charge in [-0.25, -0.2) is 4.79 Å². The minimum atomic E-state index is -0.00129. The van der Waals surface area contributed by atoms with E-state index in [1.807, 2.05) is 27.3 Å². The van der Waals surface area contributed by atoms with Crippen molar-refractivity contribution in [1.29, 1.82) is 0 Å². The van der Waals surface area contributed by atoms with Gasteiger partial charge in [-0.2, -0.15) is 0 Å². The Morgan fingerprint density at radius 3 is 2.41 bits per heavy atom. The molecule has 0 aliphatic carbocycles. The van der Waals surface area contributed by atoms with E-state index in [1.165, 1.54) is 30.8 Å². The van der Waals surface area contributed by atoms with Crippen LogP contribution in [0.3, 0.4) is 0 Å². The molecule has 7 heteroatoms. The highest BCUT2D eigenvalue weighted by molar-refractivity contribution is 7.12. The molecular weight excluding hydrogens is 360 g/mol. The Balaban J connectivity index is 1.32. The van der Waals surface area contributed by atoms with Crippen molar-refractivity contribution in [3.63, 3.8) is 0 Å². The highest BCUT2D eigenvalue weighted by Gasteiger charge is 2.25. The lowest BCUT2D eigenvalue weighted by atomic mass is 9.92. The minimum Gasteiger partial charge on any atom is -0.338 e. The molecule has 2 fully saturated rings. The van der Waals surface area contributed by atoms with E-state index in [2.05, 4.69) is 24.1 Å². The molecule has 0 bridgehead atoms. The molecule has 1 N–H and O–H groups in total. The summed E-state index contributed by atoms with van der Waals surface area (Å²) in [4.78, 5) is 31.7. The summed E-state index contributed by atoms with van der Waals surface area (Å²) in [6.45, 7) is 11.2. The van der Waals surface area contributed by atoms with Crippen LogP contribution in [0.25, 0.3) is 0 Å². The van der Waals surface area contributed by atoms with Gasteiger partial charge in [0.05, 0.1) is 4.88 Å². The van der Waals surface area contributed by atoms with Crippen LogP contribution < -0.4 is 5.32 Å². The van der Waals surface area contributed by atoms with Crippen LogP contribution in [0.5, 0.6) is 0 Å². The third-order valence-corrected chi connectivity index (χ3v) is 6.32. The minimum absolute atomic E-state index is 0.00129. The van der Waals surface area contributed by atoms with Crippen LogP contribution in [0, 0.1) is 11.8 Å². The summed E-state index contributed by atoms with van der Waals surface area (Å²) in [6.07, 6.45) is 2.32. The van der Waals surface area contributed by atoms with Crippen molar-refractivity contribution in [2.75, 3.05) is 52.4 Å². The van der Waals surface area contributed by atoms with Crippen LogP contribution in [0.15, 0.2) is 17.5 Å². The molecule has 1 aromatic heterocycles. The molecular formula is C20H32N4O2S. The molecule has 2 aliphatic heterocycles. The number of thiophene rings is 1. The van der Waals surface area contributed by atoms with Gasteiger partial charge in [-0.05, 0) is 42.7 Å². The van der Waals surface area contributed by atoms with Crippen molar-refractivity contribution in [2.24, 2.45) is 11.8 Å². The Morgan fingerprint density at radius 2 is 1.78 bits per heavy atom. The van der Waals surface area contributed by atoms with E-state index in [9.17, 15) is 9.59 Å². The van der Waals surface area contributed by atoms with Gasteiger partial charge in [0.25, 0.3) is 5.91 Å². The maximum absolute atomic E-state index is 12.4. The fraction of sp³-hybridized carbons (Fsp3) is 0.700. The Kier molecular flexibility index (Phi) is 7.13. The number of hydrogen-bond acceptors (Lipinski definition) is 4. The van der Waals surface area contributed by atoms with E-state index in [0.717, 1.165) is 29.7 Å². The summed E-state index contributed by atoms with van der Waals surface area (Å²) in [6, 6.07) is 3.75. The van der Waals surface area contributed by atoms with E-state index < -0.39 is 0 Å². The molecule has 3 amide bonds. The average Bonchev–Trinajstić information content (AvgIpc) is 3.18. The maximum Gasteiger partial charge on any atom is 0.317 e. The fourth-order valence-electron chi connectivity index (χ4n) is 4.25. The number of nitrogens with one attached hydrogen (secondary N) is 1. The molecule has 2 unspecified atom stereocenters. The molecule has 0 aromatic carbocycles. The van der Waals surface area contributed by atoms with Gasteiger partial charge < -0.3 is 20.0 Å². The predicted molar refractivity (Wildman–Crippen MR) is 109 cm³/mol. The van der Waals surface area contributed by atoms with Crippen molar-refractivity contribution in [3.05, 3.63) is 22.4 Å². The van der Waals surface area contributed by atoms with Crippen LogP contribution in [0.2, 0.25) is 0 Å². The number of piperazine rings is 1. The van der Waals surface area contributed by atoms with E-state index in [0.29, 0.717) is 32.7 Å². The van der Waals surface area contributed by atoms with Gasteiger partial charge in [-0.15, -0.1) is 11.3 Å². The van der Waals surface area contributed by atoms with Crippen molar-refractivity contribution in [1.82, 2.24) is 20.0 Å². The van der Waals surface area contributed by atoms with Gasteiger partial charge >= 0.3 is 6.03 Å². The Bertz CT molecular complexity index is 604. The summed E-state index contributed by atoms with van der Waals surface area (Å²) >= 11 is 1.47. The number of likely N-dealkylation sites (tertiary alicyclic amines) is 1. The van der Waals surface area contributed by atoms with Crippen LogP contribution in [0.1, 0.15) is 36.4 Å². The van der Waals surface area contributed by atoms with Gasteiger partial charge in [0.2, 0.25) is 0 Å². The molecule has 2 aliphatic rings. The number of hydrogen-bond donors (Lipinski definition) is 1. The zero-order valence-electron chi connectivity index (χ0n) is 16.5. The second kappa shape index (κ2) is 9.55. The lowest BCUT2D eigenvalue weighted by Gasteiger charge is -2.35. The molecule has 3 rings (SSSR count). The number of carbonyl (C=O) groups is 2. The highest BCUT2D eigenvalue weighted by atomic mass is 32.1. The first kappa shape index (κ1) is 20.1.